The first-order valence-corrected chi connectivity index (χ1v) is 11.4. The lowest BCUT2D eigenvalue weighted by Crippen LogP contribution is -2.18. The number of thiophene rings is 1. The fourth-order valence-electron chi connectivity index (χ4n) is 4.02. The van der Waals surface area contributed by atoms with Gasteiger partial charge in [0.2, 0.25) is 0 Å². The number of carbonyl (C=O) groups excluding carboxylic acids is 1. The maximum Gasteiger partial charge on any atom is 0.283 e. The van der Waals surface area contributed by atoms with Crippen molar-refractivity contribution in [1.82, 2.24) is 20.0 Å². The van der Waals surface area contributed by atoms with Crippen LogP contribution in [0.3, 0.4) is 0 Å². The molecule has 0 saturated carbocycles. The number of ether oxygens (including phenoxy) is 2. The summed E-state index contributed by atoms with van der Waals surface area (Å²) in [5.41, 5.74) is 7.12. The molecule has 9 heteroatoms. The van der Waals surface area contributed by atoms with Gasteiger partial charge in [0, 0.05) is 53.2 Å². The van der Waals surface area contributed by atoms with Crippen LogP contribution < -0.4 is 10.2 Å². The van der Waals surface area contributed by atoms with Gasteiger partial charge in [-0.15, -0.1) is 11.3 Å². The number of benzene rings is 1. The van der Waals surface area contributed by atoms with Gasteiger partial charge in [-0.1, -0.05) is 0 Å². The van der Waals surface area contributed by atoms with E-state index in [2.05, 4.69) is 20.5 Å². The molecule has 4 heterocycles. The lowest BCUT2D eigenvalue weighted by Gasteiger charge is -2.09. The average Bonchev–Trinajstić information content (AvgIpc) is 3.57. The van der Waals surface area contributed by atoms with Crippen molar-refractivity contribution in [3.8, 4) is 11.4 Å². The molecule has 0 saturated heterocycles. The van der Waals surface area contributed by atoms with Gasteiger partial charge in [-0.2, -0.15) is 5.10 Å². The minimum absolute atomic E-state index is 0.304. The van der Waals surface area contributed by atoms with Crippen LogP contribution in [0, 0.1) is 6.92 Å². The Morgan fingerprint density at radius 1 is 1.26 bits per heavy atom. The second-order valence-electron chi connectivity index (χ2n) is 7.76. The number of hydrogen-bond acceptors (Lipinski definition) is 6. The molecule has 8 nitrogen and oxygen atoms in total. The molecule has 1 amide bonds. The largest absolute Gasteiger partial charge is 0.497 e. The van der Waals surface area contributed by atoms with Crippen molar-refractivity contribution >= 4 is 44.6 Å². The van der Waals surface area contributed by atoms with Crippen molar-refractivity contribution in [3.63, 3.8) is 0 Å². The SMILES string of the molecule is COCc1cc(C)nc2sc(C(=O)NN=Cc3c[nH]c4ccc(OC)cc34)c(-n3cccc3)c12. The number of H-pyrrole nitrogens is 1. The number of nitrogens with one attached hydrogen (secondary N) is 2. The average molecular weight is 474 g/mol. The van der Waals surface area contributed by atoms with Crippen molar-refractivity contribution in [2.45, 2.75) is 13.5 Å². The summed E-state index contributed by atoms with van der Waals surface area (Å²) in [4.78, 5) is 22.5. The highest BCUT2D eigenvalue weighted by molar-refractivity contribution is 7.21. The predicted molar refractivity (Wildman–Crippen MR) is 134 cm³/mol. The number of fused-ring (bicyclic) bond motifs is 2. The van der Waals surface area contributed by atoms with E-state index in [-0.39, 0.29) is 5.91 Å². The van der Waals surface area contributed by atoms with Gasteiger partial charge in [-0.25, -0.2) is 10.4 Å². The smallest absolute Gasteiger partial charge is 0.283 e. The van der Waals surface area contributed by atoms with Crippen molar-refractivity contribution in [1.29, 1.82) is 0 Å². The molecule has 0 spiro atoms. The Morgan fingerprint density at radius 2 is 2.09 bits per heavy atom. The number of rotatable bonds is 7. The highest BCUT2D eigenvalue weighted by Crippen LogP contribution is 2.36. The number of aromatic nitrogens is 3. The number of nitrogens with zero attached hydrogens (tertiary/aromatic N) is 3. The molecule has 0 fully saturated rings. The van der Waals surface area contributed by atoms with Crippen LogP contribution >= 0.6 is 11.3 Å². The number of amides is 1. The Labute approximate surface area is 199 Å². The summed E-state index contributed by atoms with van der Waals surface area (Å²) < 4.78 is 12.7. The number of aryl methyl sites for hydroxylation is 1. The van der Waals surface area contributed by atoms with Gasteiger partial charge in [0.15, 0.2) is 0 Å². The number of pyridine rings is 1. The van der Waals surface area contributed by atoms with E-state index in [9.17, 15) is 4.79 Å². The number of carbonyl (C=O) groups is 1. The van der Waals surface area contributed by atoms with Crippen LogP contribution in [-0.2, 0) is 11.3 Å². The van der Waals surface area contributed by atoms with E-state index in [1.54, 1.807) is 20.4 Å². The molecular formula is C25H23N5O3S. The van der Waals surface area contributed by atoms with Gasteiger partial charge in [-0.3, -0.25) is 4.79 Å². The third kappa shape index (κ3) is 3.95. The quantitative estimate of drug-likeness (QED) is 0.262. The zero-order valence-corrected chi connectivity index (χ0v) is 19.8. The Bertz CT molecular complexity index is 1510. The Kier molecular flexibility index (Phi) is 5.87. The zero-order chi connectivity index (χ0) is 23.7. The summed E-state index contributed by atoms with van der Waals surface area (Å²) in [7, 11) is 3.29. The van der Waals surface area contributed by atoms with Gasteiger partial charge in [-0.05, 0) is 48.9 Å². The standard InChI is InChI=1S/C25H23N5O3S/c1-15-10-16(14-32-2)21-22(30-8-4-5-9-30)23(34-25(21)28-15)24(31)29-27-13-17-12-26-20-7-6-18(33-3)11-19(17)20/h4-13,26H,14H2,1-3H3,(H,29,31). The van der Waals surface area contributed by atoms with E-state index in [0.717, 1.165) is 49.4 Å². The normalized spacial score (nSPS) is 11.6. The highest BCUT2D eigenvalue weighted by Gasteiger charge is 2.23. The molecule has 0 aliphatic heterocycles. The van der Waals surface area contributed by atoms with Crippen LogP contribution in [0.25, 0.3) is 26.8 Å². The summed E-state index contributed by atoms with van der Waals surface area (Å²) in [5, 5.41) is 6.10. The van der Waals surface area contributed by atoms with Gasteiger partial charge >= 0.3 is 0 Å². The summed E-state index contributed by atoms with van der Waals surface area (Å²) in [6, 6.07) is 11.6. The Balaban J connectivity index is 1.51. The molecule has 5 aromatic rings. The minimum atomic E-state index is -0.304. The maximum atomic E-state index is 13.3. The van der Waals surface area contributed by atoms with Crippen LogP contribution in [0.4, 0.5) is 0 Å². The summed E-state index contributed by atoms with van der Waals surface area (Å²) in [6.45, 7) is 2.36. The maximum absolute atomic E-state index is 13.3. The third-order valence-corrected chi connectivity index (χ3v) is 6.58. The van der Waals surface area contributed by atoms with Crippen molar-refractivity contribution < 1.29 is 14.3 Å². The van der Waals surface area contributed by atoms with Crippen LogP contribution in [0.5, 0.6) is 5.75 Å². The van der Waals surface area contributed by atoms with Gasteiger partial charge in [0.05, 0.1) is 25.6 Å². The van der Waals surface area contributed by atoms with Crippen LogP contribution in [0.15, 0.2) is 60.1 Å². The molecule has 5 rings (SSSR count). The Morgan fingerprint density at radius 3 is 2.85 bits per heavy atom. The van der Waals surface area contributed by atoms with E-state index >= 15 is 0 Å². The topological polar surface area (TPSA) is 93.5 Å². The summed E-state index contributed by atoms with van der Waals surface area (Å²) in [6.07, 6.45) is 7.29. The highest BCUT2D eigenvalue weighted by atomic mass is 32.1. The second kappa shape index (κ2) is 9.12. The molecule has 0 unspecified atom stereocenters. The summed E-state index contributed by atoms with van der Waals surface area (Å²) >= 11 is 1.34. The molecule has 2 N–H and O–H groups in total. The minimum Gasteiger partial charge on any atom is -0.497 e. The summed E-state index contributed by atoms with van der Waals surface area (Å²) in [5.74, 6) is 0.448. The molecule has 4 aromatic heterocycles. The molecule has 0 atom stereocenters. The predicted octanol–water partition coefficient (Wildman–Crippen LogP) is 4.80. The molecule has 0 bridgehead atoms. The van der Waals surface area contributed by atoms with Gasteiger partial charge < -0.3 is 19.0 Å². The van der Waals surface area contributed by atoms with Crippen molar-refractivity contribution in [3.05, 3.63) is 76.7 Å². The number of hydrazone groups is 1. The van der Waals surface area contributed by atoms with E-state index < -0.39 is 0 Å². The number of aromatic amines is 1. The molecule has 0 radical (unpaired) electrons. The molecule has 172 valence electrons. The molecule has 0 aliphatic carbocycles. The van der Waals surface area contributed by atoms with E-state index in [1.807, 2.05) is 66.5 Å². The second-order valence-corrected chi connectivity index (χ2v) is 8.76. The third-order valence-electron chi connectivity index (χ3n) is 5.51. The number of hydrogen-bond donors (Lipinski definition) is 2. The van der Waals surface area contributed by atoms with E-state index in [0.29, 0.717) is 11.5 Å². The molecule has 1 aromatic carbocycles. The Hall–Kier alpha value is -3.95. The zero-order valence-electron chi connectivity index (χ0n) is 19.0. The van der Waals surface area contributed by atoms with Crippen molar-refractivity contribution in [2.24, 2.45) is 5.10 Å². The lowest BCUT2D eigenvalue weighted by molar-refractivity contribution is 0.0959. The van der Waals surface area contributed by atoms with Crippen LogP contribution in [-0.4, -0.2) is 40.9 Å². The first-order valence-electron chi connectivity index (χ1n) is 10.6. The monoisotopic (exact) mass is 473 g/mol. The first-order chi connectivity index (χ1) is 16.6. The molecule has 0 aliphatic rings. The molecular weight excluding hydrogens is 450 g/mol. The first kappa shape index (κ1) is 21.9. The van der Waals surface area contributed by atoms with E-state index in [4.69, 9.17) is 9.47 Å². The fourth-order valence-corrected chi connectivity index (χ4v) is 5.17. The van der Waals surface area contributed by atoms with E-state index in [1.165, 1.54) is 11.3 Å². The van der Waals surface area contributed by atoms with Gasteiger partial charge in [0.1, 0.15) is 15.5 Å². The van der Waals surface area contributed by atoms with Crippen LogP contribution in [0.2, 0.25) is 0 Å². The molecule has 34 heavy (non-hydrogen) atoms. The number of methoxy groups -OCH3 is 2. The van der Waals surface area contributed by atoms with Crippen LogP contribution in [0.1, 0.15) is 26.5 Å². The lowest BCUT2D eigenvalue weighted by atomic mass is 10.1. The fraction of sp³-hybridized carbons (Fsp3) is 0.160. The van der Waals surface area contributed by atoms with Crippen molar-refractivity contribution in [2.75, 3.05) is 14.2 Å². The van der Waals surface area contributed by atoms with Gasteiger partial charge in [0.25, 0.3) is 5.91 Å².